The van der Waals surface area contributed by atoms with Crippen molar-refractivity contribution in [3.05, 3.63) is 45.3 Å². The van der Waals surface area contributed by atoms with Crippen molar-refractivity contribution in [1.82, 2.24) is 4.98 Å². The van der Waals surface area contributed by atoms with Crippen LogP contribution in [0, 0.1) is 5.92 Å². The lowest BCUT2D eigenvalue weighted by Gasteiger charge is -2.18. The van der Waals surface area contributed by atoms with Crippen LogP contribution in [-0.4, -0.2) is 29.4 Å². The normalized spacial score (nSPS) is 15.7. The third-order valence-corrected chi connectivity index (χ3v) is 6.87. The van der Waals surface area contributed by atoms with Gasteiger partial charge in [-0.25, -0.2) is 9.78 Å². The van der Waals surface area contributed by atoms with Gasteiger partial charge >= 0.3 is 5.97 Å². The van der Waals surface area contributed by atoms with Gasteiger partial charge in [-0.15, -0.1) is 22.7 Å². The largest absolute Gasteiger partial charge is 0.452 e. The van der Waals surface area contributed by atoms with E-state index in [9.17, 15) is 14.4 Å². The Morgan fingerprint density at radius 1 is 1.34 bits per heavy atom. The van der Waals surface area contributed by atoms with E-state index in [2.05, 4.69) is 17.2 Å². The fraction of sp³-hybridized carbons (Fsp3) is 0.300. The predicted molar refractivity (Wildman–Crippen MR) is 113 cm³/mol. The molecule has 3 N–H and O–H groups in total. The van der Waals surface area contributed by atoms with Gasteiger partial charge in [0.05, 0.1) is 26.9 Å². The van der Waals surface area contributed by atoms with Gasteiger partial charge in [-0.1, -0.05) is 6.92 Å². The van der Waals surface area contributed by atoms with Gasteiger partial charge in [-0.3, -0.25) is 9.59 Å². The van der Waals surface area contributed by atoms with Crippen molar-refractivity contribution in [2.24, 2.45) is 11.7 Å². The number of esters is 1. The minimum Gasteiger partial charge on any atom is -0.452 e. The molecule has 2 amide bonds. The number of rotatable bonds is 5. The van der Waals surface area contributed by atoms with E-state index in [1.165, 1.54) is 22.7 Å². The quantitative estimate of drug-likeness (QED) is 0.604. The minimum absolute atomic E-state index is 0.355. The number of amides is 2. The SMILES string of the molecule is CC1CCc2c(sc(NC(=O)COC(=O)c3ccc4ncsc4c3)c2C(N)=O)C1. The highest BCUT2D eigenvalue weighted by atomic mass is 32.1. The fourth-order valence-corrected chi connectivity index (χ4v) is 5.61. The van der Waals surface area contributed by atoms with Gasteiger partial charge in [0, 0.05) is 4.88 Å². The lowest BCUT2D eigenvalue weighted by molar-refractivity contribution is -0.119. The maximum absolute atomic E-state index is 12.3. The van der Waals surface area contributed by atoms with E-state index < -0.39 is 24.4 Å². The number of benzene rings is 1. The summed E-state index contributed by atoms with van der Waals surface area (Å²) in [5, 5.41) is 3.12. The third kappa shape index (κ3) is 4.01. The van der Waals surface area contributed by atoms with Gasteiger partial charge in [0.25, 0.3) is 11.8 Å². The number of carbonyl (C=O) groups excluding carboxylic acids is 3. The maximum Gasteiger partial charge on any atom is 0.338 e. The molecule has 0 fully saturated rings. The van der Waals surface area contributed by atoms with Crippen LogP contribution in [0.15, 0.2) is 23.7 Å². The number of primary amides is 1. The molecule has 1 aliphatic carbocycles. The van der Waals surface area contributed by atoms with Crippen LogP contribution in [-0.2, 0) is 22.4 Å². The lowest BCUT2D eigenvalue weighted by Crippen LogP contribution is -2.23. The Bertz CT molecular complexity index is 1120. The molecule has 2 heterocycles. The molecule has 0 saturated heterocycles. The van der Waals surface area contributed by atoms with E-state index in [0.717, 1.165) is 39.9 Å². The summed E-state index contributed by atoms with van der Waals surface area (Å²) in [5.41, 5.74) is 9.73. The summed E-state index contributed by atoms with van der Waals surface area (Å²) in [5.74, 6) is -1.12. The number of ether oxygens (including phenoxy) is 1. The molecule has 3 aromatic rings. The summed E-state index contributed by atoms with van der Waals surface area (Å²) >= 11 is 2.80. The number of nitrogens with two attached hydrogens (primary N) is 1. The van der Waals surface area contributed by atoms with Crippen molar-refractivity contribution in [2.45, 2.75) is 26.2 Å². The Hall–Kier alpha value is -2.78. The molecule has 29 heavy (non-hydrogen) atoms. The highest BCUT2D eigenvalue weighted by Gasteiger charge is 2.27. The molecule has 1 aromatic carbocycles. The molecule has 0 radical (unpaired) electrons. The number of nitrogens with zero attached hydrogens (tertiary/aromatic N) is 1. The minimum atomic E-state index is -0.593. The molecular weight excluding hydrogens is 410 g/mol. The van der Waals surface area contributed by atoms with E-state index >= 15 is 0 Å². The number of thiazole rings is 1. The first-order valence-corrected chi connectivity index (χ1v) is 10.9. The number of hydrogen-bond acceptors (Lipinski definition) is 7. The van der Waals surface area contributed by atoms with Gasteiger partial charge in [-0.2, -0.15) is 0 Å². The van der Waals surface area contributed by atoms with Crippen LogP contribution in [0.1, 0.15) is 44.5 Å². The topological polar surface area (TPSA) is 111 Å². The molecular formula is C20H19N3O4S2. The fourth-order valence-electron chi connectivity index (χ4n) is 3.46. The second-order valence-electron chi connectivity index (χ2n) is 7.08. The van der Waals surface area contributed by atoms with E-state index in [1.807, 2.05) is 0 Å². The van der Waals surface area contributed by atoms with Crippen molar-refractivity contribution < 1.29 is 19.1 Å². The van der Waals surface area contributed by atoms with Crippen LogP contribution in [0.2, 0.25) is 0 Å². The second-order valence-corrected chi connectivity index (χ2v) is 9.07. The van der Waals surface area contributed by atoms with Gasteiger partial charge in [0.1, 0.15) is 5.00 Å². The van der Waals surface area contributed by atoms with E-state index in [1.54, 1.807) is 23.7 Å². The molecule has 9 heteroatoms. The zero-order valence-electron chi connectivity index (χ0n) is 15.7. The van der Waals surface area contributed by atoms with Crippen LogP contribution >= 0.6 is 22.7 Å². The Balaban J connectivity index is 1.43. The van der Waals surface area contributed by atoms with Crippen molar-refractivity contribution in [3.63, 3.8) is 0 Å². The number of fused-ring (bicyclic) bond motifs is 2. The summed E-state index contributed by atoms with van der Waals surface area (Å²) in [4.78, 5) is 41.8. The Morgan fingerprint density at radius 2 is 2.17 bits per heavy atom. The van der Waals surface area contributed by atoms with Gasteiger partial charge in [-0.05, 0) is 48.9 Å². The number of thiophene rings is 1. The average molecular weight is 430 g/mol. The number of carbonyl (C=O) groups is 3. The molecule has 150 valence electrons. The molecule has 4 rings (SSSR count). The Morgan fingerprint density at radius 3 is 2.97 bits per heavy atom. The first kappa shape index (κ1) is 19.5. The molecule has 1 atom stereocenters. The van der Waals surface area contributed by atoms with Crippen LogP contribution in [0.25, 0.3) is 10.2 Å². The zero-order chi connectivity index (χ0) is 20.5. The highest BCUT2D eigenvalue weighted by molar-refractivity contribution is 7.17. The van der Waals surface area contributed by atoms with E-state index in [0.29, 0.717) is 22.0 Å². The van der Waals surface area contributed by atoms with Gasteiger partial charge in [0.15, 0.2) is 6.61 Å². The third-order valence-electron chi connectivity index (χ3n) is 4.91. The number of nitrogens with one attached hydrogen (secondary N) is 1. The van der Waals surface area contributed by atoms with Crippen LogP contribution < -0.4 is 11.1 Å². The molecule has 0 bridgehead atoms. The van der Waals surface area contributed by atoms with Crippen molar-refractivity contribution >= 4 is 55.7 Å². The standard InChI is InChI=1S/C20H19N3O4S2/c1-10-2-4-12-14(6-10)29-19(17(12)18(21)25)23-16(24)8-27-20(26)11-3-5-13-15(7-11)28-9-22-13/h3,5,7,9-10H,2,4,6,8H2,1H3,(H2,21,25)(H,23,24). The average Bonchev–Trinajstić information content (AvgIpc) is 3.28. The zero-order valence-corrected chi connectivity index (χ0v) is 17.3. The monoisotopic (exact) mass is 429 g/mol. The van der Waals surface area contributed by atoms with Crippen molar-refractivity contribution in [2.75, 3.05) is 11.9 Å². The van der Waals surface area contributed by atoms with E-state index in [-0.39, 0.29) is 0 Å². The molecule has 2 aromatic heterocycles. The first-order valence-electron chi connectivity index (χ1n) is 9.17. The predicted octanol–water partition coefficient (Wildman–Crippen LogP) is 3.38. The second kappa shape index (κ2) is 7.92. The first-order chi connectivity index (χ1) is 13.9. The van der Waals surface area contributed by atoms with Gasteiger partial charge in [0.2, 0.25) is 0 Å². The summed E-state index contributed by atoms with van der Waals surface area (Å²) in [6.07, 6.45) is 2.63. The van der Waals surface area contributed by atoms with Crippen LogP contribution in [0.5, 0.6) is 0 Å². The number of anilines is 1. The number of hydrogen-bond donors (Lipinski definition) is 2. The van der Waals surface area contributed by atoms with Crippen LogP contribution in [0.4, 0.5) is 5.00 Å². The summed E-state index contributed by atoms with van der Waals surface area (Å²) in [7, 11) is 0. The molecule has 0 aliphatic heterocycles. The molecule has 7 nitrogen and oxygen atoms in total. The van der Waals surface area contributed by atoms with Gasteiger partial charge < -0.3 is 15.8 Å². The molecule has 1 unspecified atom stereocenters. The summed E-state index contributed by atoms with van der Waals surface area (Å²) in [6, 6.07) is 5.04. The summed E-state index contributed by atoms with van der Waals surface area (Å²) in [6.45, 7) is 1.71. The smallest absolute Gasteiger partial charge is 0.338 e. The van der Waals surface area contributed by atoms with Crippen molar-refractivity contribution in [1.29, 1.82) is 0 Å². The Kier molecular flexibility index (Phi) is 5.33. The van der Waals surface area contributed by atoms with E-state index in [4.69, 9.17) is 10.5 Å². The molecule has 1 aliphatic rings. The Labute approximate surface area is 174 Å². The maximum atomic E-state index is 12.3. The molecule has 0 spiro atoms. The number of aromatic nitrogens is 1. The molecule has 0 saturated carbocycles. The van der Waals surface area contributed by atoms with Crippen LogP contribution in [0.3, 0.4) is 0 Å². The highest BCUT2D eigenvalue weighted by Crippen LogP contribution is 2.39. The summed E-state index contributed by atoms with van der Waals surface area (Å²) < 4.78 is 6.00. The van der Waals surface area contributed by atoms with Crippen molar-refractivity contribution in [3.8, 4) is 0 Å². The lowest BCUT2D eigenvalue weighted by atomic mass is 9.88.